The molecule has 0 aromatic heterocycles. The number of amides is 2. The summed E-state index contributed by atoms with van der Waals surface area (Å²) in [7, 11) is 1.38. The summed E-state index contributed by atoms with van der Waals surface area (Å²) in [5.41, 5.74) is 0.797. The highest BCUT2D eigenvalue weighted by atomic mass is 16.5. The maximum Gasteiger partial charge on any atom is 0.333 e. The molecule has 0 N–H and O–H groups in total. The lowest BCUT2D eigenvalue weighted by Crippen LogP contribution is -2.61. The van der Waals surface area contributed by atoms with E-state index in [-0.39, 0.29) is 35.8 Å². The van der Waals surface area contributed by atoms with Crippen molar-refractivity contribution in [3.63, 3.8) is 0 Å². The van der Waals surface area contributed by atoms with Crippen LogP contribution in [0.3, 0.4) is 0 Å². The Bertz CT molecular complexity index is 1000. The van der Waals surface area contributed by atoms with Gasteiger partial charge in [-0.25, -0.2) is 4.79 Å². The molecule has 3 aliphatic rings. The Morgan fingerprint density at radius 1 is 1.24 bits per heavy atom. The van der Waals surface area contributed by atoms with Gasteiger partial charge >= 0.3 is 5.97 Å². The Balaban J connectivity index is 1.72. The van der Waals surface area contributed by atoms with E-state index in [1.54, 1.807) is 6.08 Å². The lowest BCUT2D eigenvalue weighted by atomic mass is 9.59. The quantitative estimate of drug-likeness (QED) is 0.332. The summed E-state index contributed by atoms with van der Waals surface area (Å²) in [4.78, 5) is 44.1. The number of carbonyl (C=O) groups excluding carboxylic acids is 3. The number of allylic oxidation sites excluding steroid dienone is 1. The first-order valence-corrected chi connectivity index (χ1v) is 12.1. The van der Waals surface area contributed by atoms with Crippen LogP contribution in [0, 0.1) is 11.3 Å². The topological polar surface area (TPSA) is 66.9 Å². The van der Waals surface area contributed by atoms with Crippen molar-refractivity contribution in [1.29, 1.82) is 0 Å². The second kappa shape index (κ2) is 10.00. The van der Waals surface area contributed by atoms with Crippen LogP contribution in [-0.4, -0.2) is 53.3 Å². The molecule has 1 spiro atoms. The van der Waals surface area contributed by atoms with Crippen molar-refractivity contribution < 1.29 is 19.1 Å². The number of rotatable bonds is 8. The van der Waals surface area contributed by atoms with Gasteiger partial charge in [-0.1, -0.05) is 48.6 Å². The molecule has 2 amide bonds. The number of hydrogen-bond acceptors (Lipinski definition) is 4. The van der Waals surface area contributed by atoms with Crippen molar-refractivity contribution in [3.05, 3.63) is 72.9 Å². The minimum absolute atomic E-state index is 0.0281. The standard InChI is InChI=1S/C28H34N2O4/c1-4-6-8-13-25(31)30-21(5-2)18-28-23(22(26(32)34-3)14-15-24(28)30)16-17-29(27(28)33)19-20-11-9-7-10-12-20/h4-5,7,9-12,14,21,23-24H,1-2,6,8,13,15-19H2,3H3/t21-,23-,24-,28-/m0/s1. The van der Waals surface area contributed by atoms with Crippen LogP contribution in [0.5, 0.6) is 0 Å². The fraction of sp³-hybridized carbons (Fsp3) is 0.464. The van der Waals surface area contributed by atoms with Crippen LogP contribution in [0.4, 0.5) is 0 Å². The maximum absolute atomic E-state index is 14.3. The van der Waals surface area contributed by atoms with Crippen LogP contribution >= 0.6 is 0 Å². The number of carbonyl (C=O) groups is 3. The SMILES string of the molecule is C=CCCCC(=O)N1[C@H]2CC=C(C(=O)OC)[C@@H]3CCN(Cc4ccccc4)C(=O)[C@]23C[C@@H]1C=C. The second-order valence-electron chi connectivity index (χ2n) is 9.49. The minimum atomic E-state index is -0.849. The van der Waals surface area contributed by atoms with E-state index >= 15 is 0 Å². The lowest BCUT2D eigenvalue weighted by molar-refractivity contribution is -0.156. The smallest absolute Gasteiger partial charge is 0.333 e. The molecule has 4 rings (SSSR count). The zero-order valence-electron chi connectivity index (χ0n) is 19.9. The molecule has 1 aromatic carbocycles. The number of methoxy groups -OCH3 is 1. The molecule has 2 saturated heterocycles. The predicted octanol–water partition coefficient (Wildman–Crippen LogP) is 4.04. The molecule has 0 unspecified atom stereocenters. The van der Waals surface area contributed by atoms with E-state index in [1.807, 2.05) is 52.3 Å². The largest absolute Gasteiger partial charge is 0.466 e. The van der Waals surface area contributed by atoms with E-state index in [4.69, 9.17) is 4.74 Å². The molecule has 1 aliphatic carbocycles. The Morgan fingerprint density at radius 3 is 2.68 bits per heavy atom. The first-order chi connectivity index (χ1) is 16.5. The van der Waals surface area contributed by atoms with Crippen molar-refractivity contribution in [2.75, 3.05) is 13.7 Å². The Hall–Kier alpha value is -3.15. The molecule has 2 fully saturated rings. The van der Waals surface area contributed by atoms with Crippen LogP contribution < -0.4 is 0 Å². The highest BCUT2D eigenvalue weighted by molar-refractivity contribution is 5.95. The van der Waals surface area contributed by atoms with Gasteiger partial charge in [-0.3, -0.25) is 9.59 Å². The molecule has 6 nitrogen and oxygen atoms in total. The van der Waals surface area contributed by atoms with Gasteiger partial charge < -0.3 is 14.5 Å². The molecule has 1 aromatic rings. The average Bonchev–Trinajstić information content (AvgIpc) is 3.21. The third-order valence-corrected chi connectivity index (χ3v) is 7.76. The van der Waals surface area contributed by atoms with Gasteiger partial charge in [0.05, 0.1) is 24.6 Å². The number of benzene rings is 1. The van der Waals surface area contributed by atoms with E-state index in [0.717, 1.165) is 18.4 Å². The molecule has 180 valence electrons. The number of ether oxygens (including phenoxy) is 1. The predicted molar refractivity (Wildman–Crippen MR) is 130 cm³/mol. The van der Waals surface area contributed by atoms with Crippen LogP contribution in [0.25, 0.3) is 0 Å². The second-order valence-corrected chi connectivity index (χ2v) is 9.49. The molecule has 0 radical (unpaired) electrons. The summed E-state index contributed by atoms with van der Waals surface area (Å²) in [6.45, 7) is 8.83. The number of nitrogens with zero attached hydrogens (tertiary/aromatic N) is 2. The van der Waals surface area contributed by atoms with Crippen LogP contribution in [0.1, 0.15) is 44.1 Å². The maximum atomic E-state index is 14.3. The number of hydrogen-bond donors (Lipinski definition) is 0. The Labute approximate surface area is 201 Å². The van der Waals surface area contributed by atoms with Crippen LogP contribution in [-0.2, 0) is 25.7 Å². The van der Waals surface area contributed by atoms with E-state index in [9.17, 15) is 14.4 Å². The highest BCUT2D eigenvalue weighted by Crippen LogP contribution is 2.57. The van der Waals surface area contributed by atoms with Crippen molar-refractivity contribution in [3.8, 4) is 0 Å². The van der Waals surface area contributed by atoms with Gasteiger partial charge in [-0.05, 0) is 37.7 Å². The fourth-order valence-corrected chi connectivity index (χ4v) is 6.27. The van der Waals surface area contributed by atoms with Crippen molar-refractivity contribution >= 4 is 17.8 Å². The van der Waals surface area contributed by atoms with Crippen LogP contribution in [0.15, 0.2) is 67.3 Å². The monoisotopic (exact) mass is 462 g/mol. The van der Waals surface area contributed by atoms with E-state index < -0.39 is 5.41 Å². The lowest BCUT2D eigenvalue weighted by Gasteiger charge is -2.51. The molecular formula is C28H34N2O4. The first kappa shape index (κ1) is 24.0. The zero-order chi connectivity index (χ0) is 24.3. The summed E-state index contributed by atoms with van der Waals surface area (Å²) in [5, 5.41) is 0. The third-order valence-electron chi connectivity index (χ3n) is 7.76. The van der Waals surface area contributed by atoms with E-state index in [1.165, 1.54) is 7.11 Å². The van der Waals surface area contributed by atoms with E-state index in [2.05, 4.69) is 13.2 Å². The minimum Gasteiger partial charge on any atom is -0.466 e. The average molecular weight is 463 g/mol. The normalized spacial score (nSPS) is 28.0. The fourth-order valence-electron chi connectivity index (χ4n) is 6.27. The summed E-state index contributed by atoms with van der Waals surface area (Å²) >= 11 is 0. The molecule has 0 bridgehead atoms. The van der Waals surface area contributed by atoms with Gasteiger partial charge in [0.1, 0.15) is 0 Å². The van der Waals surface area contributed by atoms with Gasteiger partial charge in [0.2, 0.25) is 11.8 Å². The van der Waals surface area contributed by atoms with Gasteiger partial charge in [0.15, 0.2) is 0 Å². The van der Waals surface area contributed by atoms with Crippen LogP contribution in [0.2, 0.25) is 0 Å². The summed E-state index contributed by atoms with van der Waals surface area (Å²) < 4.78 is 5.09. The molecule has 0 saturated carbocycles. The number of unbranched alkanes of at least 4 members (excludes halogenated alkanes) is 1. The third kappa shape index (κ3) is 3.99. The first-order valence-electron chi connectivity index (χ1n) is 12.1. The van der Waals surface area contributed by atoms with Crippen molar-refractivity contribution in [1.82, 2.24) is 9.80 Å². The van der Waals surface area contributed by atoms with Gasteiger partial charge in [0.25, 0.3) is 0 Å². The Morgan fingerprint density at radius 2 is 2.00 bits per heavy atom. The van der Waals surface area contributed by atoms with Crippen molar-refractivity contribution in [2.24, 2.45) is 11.3 Å². The number of esters is 1. The molecule has 34 heavy (non-hydrogen) atoms. The van der Waals surface area contributed by atoms with Crippen molar-refractivity contribution in [2.45, 2.75) is 57.2 Å². The molecule has 2 aliphatic heterocycles. The zero-order valence-corrected chi connectivity index (χ0v) is 19.9. The number of piperidine rings is 1. The molecular weight excluding hydrogens is 428 g/mol. The molecule has 6 heteroatoms. The summed E-state index contributed by atoms with van der Waals surface area (Å²) in [6, 6.07) is 9.41. The molecule has 2 heterocycles. The van der Waals surface area contributed by atoms with Gasteiger partial charge in [-0.15, -0.1) is 13.2 Å². The summed E-state index contributed by atoms with van der Waals surface area (Å²) in [5.74, 6) is -0.583. The Kier molecular flexibility index (Phi) is 7.05. The van der Waals surface area contributed by atoms with E-state index in [0.29, 0.717) is 44.3 Å². The van der Waals surface area contributed by atoms with Gasteiger partial charge in [0, 0.05) is 31.0 Å². The van der Waals surface area contributed by atoms with Gasteiger partial charge in [-0.2, -0.15) is 0 Å². The highest BCUT2D eigenvalue weighted by Gasteiger charge is 2.65. The molecule has 4 atom stereocenters. The number of likely N-dealkylation sites (tertiary alicyclic amines) is 2. The summed E-state index contributed by atoms with van der Waals surface area (Å²) in [6.07, 6.45) is 9.02.